The Labute approximate surface area is 102 Å². The smallest absolute Gasteiger partial charge is 0.325 e. The van der Waals surface area contributed by atoms with E-state index in [2.05, 4.69) is 4.74 Å². The molecule has 2 saturated carbocycles. The molecule has 0 bridgehead atoms. The molecule has 1 amide bonds. The number of fused-ring (bicyclic) bond motifs is 1. The van der Waals surface area contributed by atoms with Gasteiger partial charge >= 0.3 is 5.97 Å². The van der Waals surface area contributed by atoms with Gasteiger partial charge in [0.2, 0.25) is 5.91 Å². The van der Waals surface area contributed by atoms with Gasteiger partial charge in [0.15, 0.2) is 0 Å². The van der Waals surface area contributed by atoms with Crippen molar-refractivity contribution in [3.63, 3.8) is 0 Å². The summed E-state index contributed by atoms with van der Waals surface area (Å²) in [6.45, 7) is 2.60. The lowest BCUT2D eigenvalue weighted by Crippen LogP contribution is -2.37. The fourth-order valence-electron chi connectivity index (χ4n) is 3.14. The van der Waals surface area contributed by atoms with Crippen LogP contribution in [0, 0.1) is 17.8 Å². The van der Waals surface area contributed by atoms with Gasteiger partial charge in [0.1, 0.15) is 6.54 Å². The third kappa shape index (κ3) is 2.45. The van der Waals surface area contributed by atoms with E-state index in [0.29, 0.717) is 18.4 Å². The minimum atomic E-state index is -0.330. The van der Waals surface area contributed by atoms with Crippen LogP contribution in [-0.2, 0) is 14.3 Å². The maximum Gasteiger partial charge on any atom is 0.325 e. The molecule has 4 nitrogen and oxygen atoms in total. The fraction of sp³-hybridized carbons (Fsp3) is 0.846. The minimum Gasteiger partial charge on any atom is -0.468 e. The lowest BCUT2D eigenvalue weighted by molar-refractivity contribution is -0.147. The normalized spacial score (nSPS) is 30.4. The first kappa shape index (κ1) is 12.4. The summed E-state index contributed by atoms with van der Waals surface area (Å²) in [5, 5.41) is 0. The first-order chi connectivity index (χ1) is 8.19. The Hall–Kier alpha value is -1.06. The number of carbonyl (C=O) groups excluding carboxylic acids is 2. The Morgan fingerprint density at radius 3 is 2.29 bits per heavy atom. The molecule has 0 radical (unpaired) electrons. The molecule has 2 rings (SSSR count). The predicted octanol–water partition coefficient (Wildman–Crippen LogP) is 1.44. The van der Waals surface area contributed by atoms with Gasteiger partial charge in [-0.1, -0.05) is 12.8 Å². The number of nitrogens with zero attached hydrogens (tertiary/aromatic N) is 1. The Morgan fingerprint density at radius 1 is 1.24 bits per heavy atom. The highest BCUT2D eigenvalue weighted by molar-refractivity contribution is 5.86. The zero-order valence-corrected chi connectivity index (χ0v) is 10.6. The Balaban J connectivity index is 1.91. The Kier molecular flexibility index (Phi) is 3.69. The maximum absolute atomic E-state index is 12.3. The molecule has 17 heavy (non-hydrogen) atoms. The molecule has 0 aromatic heterocycles. The summed E-state index contributed by atoms with van der Waals surface area (Å²) in [5.74, 6) is 1.23. The molecule has 0 aliphatic heterocycles. The van der Waals surface area contributed by atoms with Gasteiger partial charge in [-0.25, -0.2) is 0 Å². The molecule has 0 heterocycles. The van der Waals surface area contributed by atoms with Crippen molar-refractivity contribution in [2.45, 2.75) is 32.6 Å². The van der Waals surface area contributed by atoms with Crippen LogP contribution in [0.3, 0.4) is 0 Å². The van der Waals surface area contributed by atoms with E-state index in [1.165, 1.54) is 32.8 Å². The fourth-order valence-corrected chi connectivity index (χ4v) is 3.14. The van der Waals surface area contributed by atoms with E-state index in [9.17, 15) is 9.59 Å². The van der Waals surface area contributed by atoms with Crippen LogP contribution < -0.4 is 0 Å². The number of ether oxygens (including phenoxy) is 1. The first-order valence-corrected chi connectivity index (χ1v) is 6.54. The quantitative estimate of drug-likeness (QED) is 0.697. The van der Waals surface area contributed by atoms with E-state index < -0.39 is 0 Å². The zero-order valence-electron chi connectivity index (χ0n) is 10.6. The van der Waals surface area contributed by atoms with Crippen LogP contribution in [0.5, 0.6) is 0 Å². The van der Waals surface area contributed by atoms with Crippen LogP contribution in [0.15, 0.2) is 0 Å². The summed E-state index contributed by atoms with van der Waals surface area (Å²) < 4.78 is 4.62. The number of hydrogen-bond donors (Lipinski definition) is 0. The molecule has 2 aliphatic rings. The van der Waals surface area contributed by atoms with Crippen LogP contribution in [0.4, 0.5) is 0 Å². The summed E-state index contributed by atoms with van der Waals surface area (Å²) in [6, 6.07) is 0. The van der Waals surface area contributed by atoms with E-state index in [1.807, 2.05) is 6.92 Å². The molecule has 96 valence electrons. The molecule has 0 aromatic carbocycles. The molecule has 2 fully saturated rings. The van der Waals surface area contributed by atoms with Crippen molar-refractivity contribution < 1.29 is 14.3 Å². The highest BCUT2D eigenvalue weighted by Gasteiger charge is 2.55. The minimum absolute atomic E-state index is 0.0990. The predicted molar refractivity (Wildman–Crippen MR) is 63.2 cm³/mol. The largest absolute Gasteiger partial charge is 0.468 e. The molecule has 2 aliphatic carbocycles. The van der Waals surface area contributed by atoms with Gasteiger partial charge in [0.05, 0.1) is 7.11 Å². The lowest BCUT2D eigenvalue weighted by atomic mass is 10.0. The Bertz CT molecular complexity index is 304. The van der Waals surface area contributed by atoms with Gasteiger partial charge in [0.25, 0.3) is 0 Å². The third-order valence-corrected chi connectivity index (χ3v) is 4.18. The summed E-state index contributed by atoms with van der Waals surface area (Å²) in [7, 11) is 1.36. The molecule has 0 spiro atoms. The second-order valence-corrected chi connectivity index (χ2v) is 5.07. The van der Waals surface area contributed by atoms with Crippen molar-refractivity contribution in [2.75, 3.05) is 20.2 Å². The Morgan fingerprint density at radius 2 is 1.82 bits per heavy atom. The van der Waals surface area contributed by atoms with Crippen molar-refractivity contribution in [2.24, 2.45) is 17.8 Å². The monoisotopic (exact) mass is 239 g/mol. The van der Waals surface area contributed by atoms with Gasteiger partial charge in [0, 0.05) is 12.5 Å². The van der Waals surface area contributed by atoms with Crippen molar-refractivity contribution in [3.8, 4) is 0 Å². The van der Waals surface area contributed by atoms with Gasteiger partial charge < -0.3 is 9.64 Å². The molecule has 0 N–H and O–H groups in total. The molecule has 2 atom stereocenters. The summed E-state index contributed by atoms with van der Waals surface area (Å²) in [4.78, 5) is 25.1. The molecule has 2 unspecified atom stereocenters. The summed E-state index contributed by atoms with van der Waals surface area (Å²) in [5.41, 5.74) is 0. The van der Waals surface area contributed by atoms with E-state index in [-0.39, 0.29) is 24.3 Å². The second kappa shape index (κ2) is 5.07. The zero-order chi connectivity index (χ0) is 12.4. The summed E-state index contributed by atoms with van der Waals surface area (Å²) in [6.07, 6.45) is 4.90. The van der Waals surface area contributed by atoms with Gasteiger partial charge in [-0.15, -0.1) is 0 Å². The lowest BCUT2D eigenvalue weighted by Gasteiger charge is -2.19. The van der Waals surface area contributed by atoms with Crippen molar-refractivity contribution in [3.05, 3.63) is 0 Å². The third-order valence-electron chi connectivity index (χ3n) is 4.18. The average molecular weight is 239 g/mol. The maximum atomic E-state index is 12.3. The first-order valence-electron chi connectivity index (χ1n) is 6.54. The number of hydrogen-bond acceptors (Lipinski definition) is 3. The number of esters is 1. The number of methoxy groups -OCH3 is 1. The second-order valence-electron chi connectivity index (χ2n) is 5.07. The molecule has 0 saturated heterocycles. The van der Waals surface area contributed by atoms with E-state index in [4.69, 9.17) is 0 Å². The number of carbonyl (C=O) groups is 2. The van der Waals surface area contributed by atoms with Crippen LogP contribution in [-0.4, -0.2) is 37.0 Å². The molecule has 0 aromatic rings. The van der Waals surface area contributed by atoms with Crippen molar-refractivity contribution in [1.29, 1.82) is 0 Å². The van der Waals surface area contributed by atoms with Gasteiger partial charge in [-0.2, -0.15) is 0 Å². The van der Waals surface area contributed by atoms with Crippen molar-refractivity contribution >= 4 is 11.9 Å². The van der Waals surface area contributed by atoms with E-state index >= 15 is 0 Å². The molecule has 4 heteroatoms. The topological polar surface area (TPSA) is 46.6 Å². The molecular weight excluding hydrogens is 218 g/mol. The highest BCUT2D eigenvalue weighted by atomic mass is 16.5. The average Bonchev–Trinajstić information content (AvgIpc) is 3.09. The van der Waals surface area contributed by atoms with Crippen LogP contribution in [0.25, 0.3) is 0 Å². The van der Waals surface area contributed by atoms with Crippen molar-refractivity contribution in [1.82, 2.24) is 4.90 Å². The van der Waals surface area contributed by atoms with Crippen LogP contribution in [0.1, 0.15) is 32.6 Å². The van der Waals surface area contributed by atoms with Gasteiger partial charge in [-0.3, -0.25) is 9.59 Å². The summed E-state index contributed by atoms with van der Waals surface area (Å²) >= 11 is 0. The van der Waals surface area contributed by atoms with Gasteiger partial charge in [-0.05, 0) is 31.6 Å². The van der Waals surface area contributed by atoms with E-state index in [1.54, 1.807) is 4.90 Å². The number of amides is 1. The van der Waals surface area contributed by atoms with Crippen LogP contribution >= 0.6 is 0 Å². The highest BCUT2D eigenvalue weighted by Crippen LogP contribution is 2.56. The SMILES string of the molecule is CCN(CC(=O)OC)C(=O)C1C2CCCCC21. The van der Waals surface area contributed by atoms with Crippen LogP contribution in [0.2, 0.25) is 0 Å². The standard InChI is InChI=1S/C13H21NO3/c1-3-14(8-11(15)17-2)13(16)12-9-6-4-5-7-10(9)12/h9-10,12H,3-8H2,1-2H3. The number of rotatable bonds is 4. The molecular formula is C13H21NO3. The number of likely N-dealkylation sites (N-methyl/N-ethyl adjacent to an activating group) is 1. The van der Waals surface area contributed by atoms with E-state index in [0.717, 1.165) is 0 Å².